The predicted molar refractivity (Wildman–Crippen MR) is 74.5 cm³/mol. The third kappa shape index (κ3) is 2.82. The first kappa shape index (κ1) is 12.9. The zero-order chi connectivity index (χ0) is 12.4. The smallest absolute Gasteiger partial charge is 0.123 e. The van der Waals surface area contributed by atoms with Crippen molar-refractivity contribution in [1.29, 1.82) is 0 Å². The van der Waals surface area contributed by atoms with E-state index in [9.17, 15) is 4.39 Å². The highest BCUT2D eigenvalue weighted by atomic mass is 79.9. The highest BCUT2D eigenvalue weighted by Gasteiger charge is 2.09. The summed E-state index contributed by atoms with van der Waals surface area (Å²) in [7, 11) is 0. The molecule has 2 aromatic carbocycles. The lowest BCUT2D eigenvalue weighted by Gasteiger charge is -2.10. The molecule has 88 valence electrons. The van der Waals surface area contributed by atoms with E-state index in [1.54, 1.807) is 24.3 Å². The Morgan fingerprint density at radius 3 is 2.47 bits per heavy atom. The fraction of sp³-hybridized carbons (Fsp3) is 0.0769. The molecule has 0 saturated heterocycles. The first-order chi connectivity index (χ1) is 8.11. The summed E-state index contributed by atoms with van der Waals surface area (Å²) in [6, 6.07) is 9.86. The molecule has 0 spiro atoms. The molecule has 0 atom stereocenters. The normalized spacial score (nSPS) is 10.6. The third-order valence-electron chi connectivity index (χ3n) is 2.43. The molecule has 4 heteroatoms. The maximum atomic E-state index is 13.1. The third-order valence-corrected chi connectivity index (χ3v) is 3.60. The second kappa shape index (κ2) is 5.38. The number of alkyl halides is 1. The molecule has 0 aliphatic rings. The molecule has 0 radical (unpaired) electrons. The summed E-state index contributed by atoms with van der Waals surface area (Å²) in [5.74, 6) is -0.263. The van der Waals surface area contributed by atoms with Crippen LogP contribution in [0.15, 0.2) is 36.4 Å². The van der Waals surface area contributed by atoms with Crippen LogP contribution in [0.25, 0.3) is 11.1 Å². The highest BCUT2D eigenvalue weighted by molar-refractivity contribution is 9.08. The Kier molecular flexibility index (Phi) is 4.08. The van der Waals surface area contributed by atoms with Crippen LogP contribution in [0.4, 0.5) is 4.39 Å². The van der Waals surface area contributed by atoms with Crippen LogP contribution in [-0.2, 0) is 5.33 Å². The van der Waals surface area contributed by atoms with Gasteiger partial charge in [0.15, 0.2) is 0 Å². The van der Waals surface area contributed by atoms with Crippen molar-refractivity contribution in [3.63, 3.8) is 0 Å². The van der Waals surface area contributed by atoms with Gasteiger partial charge in [0.1, 0.15) is 5.82 Å². The first-order valence-electron chi connectivity index (χ1n) is 4.91. The Morgan fingerprint density at radius 1 is 1.00 bits per heavy atom. The Balaban J connectivity index is 2.63. The Hall–Kier alpha value is -0.570. The lowest BCUT2D eigenvalue weighted by molar-refractivity contribution is 0.627. The number of hydrogen-bond acceptors (Lipinski definition) is 0. The number of rotatable bonds is 2. The molecule has 17 heavy (non-hydrogen) atoms. The van der Waals surface area contributed by atoms with Crippen LogP contribution in [0.2, 0.25) is 10.0 Å². The molecule has 0 aliphatic carbocycles. The van der Waals surface area contributed by atoms with E-state index < -0.39 is 0 Å². The summed E-state index contributed by atoms with van der Waals surface area (Å²) in [5, 5.41) is 1.76. The molecule has 0 nitrogen and oxygen atoms in total. The van der Waals surface area contributed by atoms with Gasteiger partial charge in [-0.2, -0.15) is 0 Å². The Bertz CT molecular complexity index is 555. The van der Waals surface area contributed by atoms with Gasteiger partial charge in [0.25, 0.3) is 0 Å². The summed E-state index contributed by atoms with van der Waals surface area (Å²) >= 11 is 15.4. The quantitative estimate of drug-likeness (QED) is 0.619. The van der Waals surface area contributed by atoms with Gasteiger partial charge in [0.05, 0.1) is 0 Å². The van der Waals surface area contributed by atoms with Crippen molar-refractivity contribution in [3.05, 3.63) is 57.8 Å². The zero-order valence-electron chi connectivity index (χ0n) is 8.68. The van der Waals surface area contributed by atoms with Crippen molar-refractivity contribution in [2.24, 2.45) is 0 Å². The van der Waals surface area contributed by atoms with Gasteiger partial charge in [-0.05, 0) is 41.5 Å². The standard InChI is InChI=1S/C13H8BrCl2F/c14-7-8-5-10(17)2-3-11(8)12-6-9(15)1-4-13(12)16/h1-6H,7H2. The van der Waals surface area contributed by atoms with Gasteiger partial charge in [-0.15, -0.1) is 0 Å². The lowest BCUT2D eigenvalue weighted by atomic mass is 10.0. The van der Waals surface area contributed by atoms with Crippen LogP contribution >= 0.6 is 39.1 Å². The molecule has 0 amide bonds. The van der Waals surface area contributed by atoms with Crippen molar-refractivity contribution in [2.75, 3.05) is 0 Å². The van der Waals surface area contributed by atoms with Gasteiger partial charge in [-0.25, -0.2) is 4.39 Å². The van der Waals surface area contributed by atoms with Gasteiger partial charge in [0.2, 0.25) is 0 Å². The monoisotopic (exact) mass is 332 g/mol. The molecule has 0 aliphatic heterocycles. The maximum Gasteiger partial charge on any atom is 0.123 e. The molecular weight excluding hydrogens is 326 g/mol. The van der Waals surface area contributed by atoms with Gasteiger partial charge < -0.3 is 0 Å². The Morgan fingerprint density at radius 2 is 1.76 bits per heavy atom. The van der Waals surface area contributed by atoms with Gasteiger partial charge in [0, 0.05) is 20.9 Å². The molecule has 0 saturated carbocycles. The second-order valence-electron chi connectivity index (χ2n) is 3.56. The topological polar surface area (TPSA) is 0 Å². The molecule has 0 N–H and O–H groups in total. The van der Waals surface area contributed by atoms with E-state index in [2.05, 4.69) is 15.9 Å². The van der Waals surface area contributed by atoms with Crippen molar-refractivity contribution in [1.82, 2.24) is 0 Å². The molecule has 0 unspecified atom stereocenters. The first-order valence-corrected chi connectivity index (χ1v) is 6.79. The van der Waals surface area contributed by atoms with Gasteiger partial charge in [-0.1, -0.05) is 45.2 Å². The average Bonchev–Trinajstić information content (AvgIpc) is 2.32. The number of hydrogen-bond donors (Lipinski definition) is 0. The summed E-state index contributed by atoms with van der Waals surface area (Å²) in [4.78, 5) is 0. The largest absolute Gasteiger partial charge is 0.207 e. The van der Waals surface area contributed by atoms with E-state index in [0.717, 1.165) is 16.7 Å². The van der Waals surface area contributed by atoms with Crippen molar-refractivity contribution in [2.45, 2.75) is 5.33 Å². The molecular formula is C13H8BrCl2F. The number of benzene rings is 2. The molecule has 2 rings (SSSR count). The van der Waals surface area contributed by atoms with E-state index in [1.807, 2.05) is 0 Å². The highest BCUT2D eigenvalue weighted by Crippen LogP contribution is 2.33. The summed E-state index contributed by atoms with van der Waals surface area (Å²) in [6.07, 6.45) is 0. The van der Waals surface area contributed by atoms with Gasteiger partial charge >= 0.3 is 0 Å². The van der Waals surface area contributed by atoms with Crippen molar-refractivity contribution < 1.29 is 4.39 Å². The predicted octanol–water partition coefficient (Wildman–Crippen LogP) is 5.69. The minimum atomic E-state index is -0.263. The van der Waals surface area contributed by atoms with Crippen LogP contribution in [0.3, 0.4) is 0 Å². The second-order valence-corrected chi connectivity index (χ2v) is 4.96. The van der Waals surface area contributed by atoms with Crippen LogP contribution in [0.1, 0.15) is 5.56 Å². The Labute approximate surface area is 117 Å². The fourth-order valence-electron chi connectivity index (χ4n) is 1.64. The number of halogens is 4. The van der Waals surface area contributed by atoms with E-state index in [-0.39, 0.29) is 5.82 Å². The van der Waals surface area contributed by atoms with Crippen LogP contribution in [0, 0.1) is 5.82 Å². The fourth-order valence-corrected chi connectivity index (χ4v) is 2.49. The summed E-state index contributed by atoms with van der Waals surface area (Å²) in [6.45, 7) is 0. The summed E-state index contributed by atoms with van der Waals surface area (Å²) < 4.78 is 13.1. The molecule has 0 fully saturated rings. The van der Waals surface area contributed by atoms with Crippen molar-refractivity contribution >= 4 is 39.1 Å². The average molecular weight is 334 g/mol. The molecule has 0 bridgehead atoms. The zero-order valence-corrected chi connectivity index (χ0v) is 11.8. The van der Waals surface area contributed by atoms with Gasteiger partial charge in [-0.3, -0.25) is 0 Å². The van der Waals surface area contributed by atoms with Crippen molar-refractivity contribution in [3.8, 4) is 11.1 Å². The lowest BCUT2D eigenvalue weighted by Crippen LogP contribution is -1.89. The molecule has 0 heterocycles. The summed E-state index contributed by atoms with van der Waals surface area (Å²) in [5.41, 5.74) is 2.54. The van der Waals surface area contributed by atoms with Crippen LogP contribution < -0.4 is 0 Å². The minimum absolute atomic E-state index is 0.263. The van der Waals surface area contributed by atoms with Crippen LogP contribution in [-0.4, -0.2) is 0 Å². The van der Waals surface area contributed by atoms with E-state index in [4.69, 9.17) is 23.2 Å². The van der Waals surface area contributed by atoms with Crippen LogP contribution in [0.5, 0.6) is 0 Å². The van der Waals surface area contributed by atoms with E-state index in [0.29, 0.717) is 15.4 Å². The van der Waals surface area contributed by atoms with E-state index >= 15 is 0 Å². The minimum Gasteiger partial charge on any atom is -0.207 e. The SMILES string of the molecule is Fc1ccc(-c2cc(Cl)ccc2Cl)c(CBr)c1. The van der Waals surface area contributed by atoms with E-state index in [1.165, 1.54) is 12.1 Å². The molecule has 2 aromatic rings. The maximum absolute atomic E-state index is 13.1. The molecule has 0 aromatic heterocycles.